The Morgan fingerprint density at radius 2 is 1.50 bits per heavy atom. The minimum Gasteiger partial charge on any atom is -0.345 e. The highest BCUT2D eigenvalue weighted by Crippen LogP contribution is 2.23. The van der Waals surface area contributed by atoms with Gasteiger partial charge in [-0.15, -0.1) is 0 Å². The summed E-state index contributed by atoms with van der Waals surface area (Å²) < 4.78 is 24.8. The molecule has 1 N–H and O–H groups in total. The minimum absolute atomic E-state index is 0.194. The Kier molecular flexibility index (Phi) is 6.08. The SMILES string of the molecule is CC(C)c1ccc([C@@H](C)NC(=O)c2ccccc2N(C)S(C)(=O)=O)cc1. The molecular weight excluding hydrogens is 348 g/mol. The molecule has 0 saturated heterocycles. The Morgan fingerprint density at radius 1 is 0.962 bits per heavy atom. The molecule has 5 nitrogen and oxygen atoms in total. The molecule has 1 amide bonds. The molecule has 0 unspecified atom stereocenters. The van der Waals surface area contributed by atoms with Gasteiger partial charge in [0.15, 0.2) is 0 Å². The monoisotopic (exact) mass is 374 g/mol. The average molecular weight is 375 g/mol. The van der Waals surface area contributed by atoms with Gasteiger partial charge in [-0.1, -0.05) is 50.2 Å². The predicted octanol–water partition coefficient (Wildman–Crippen LogP) is 3.70. The number of rotatable bonds is 6. The number of hydrogen-bond donors (Lipinski definition) is 1. The van der Waals surface area contributed by atoms with Crippen molar-refractivity contribution in [2.75, 3.05) is 17.6 Å². The zero-order chi connectivity index (χ0) is 19.5. The third-order valence-corrected chi connectivity index (χ3v) is 5.63. The lowest BCUT2D eigenvalue weighted by Crippen LogP contribution is -2.31. The van der Waals surface area contributed by atoms with Gasteiger partial charge in [-0.05, 0) is 36.1 Å². The van der Waals surface area contributed by atoms with Crippen molar-refractivity contribution in [3.63, 3.8) is 0 Å². The van der Waals surface area contributed by atoms with Crippen molar-refractivity contribution in [1.29, 1.82) is 0 Å². The van der Waals surface area contributed by atoms with Crippen LogP contribution in [0.5, 0.6) is 0 Å². The first-order chi connectivity index (χ1) is 12.1. The summed E-state index contributed by atoms with van der Waals surface area (Å²) in [6.45, 7) is 6.18. The van der Waals surface area contributed by atoms with Crippen molar-refractivity contribution in [3.8, 4) is 0 Å². The number of hydrogen-bond acceptors (Lipinski definition) is 3. The fourth-order valence-electron chi connectivity index (χ4n) is 2.65. The molecule has 0 heterocycles. The smallest absolute Gasteiger partial charge is 0.253 e. The lowest BCUT2D eigenvalue weighted by molar-refractivity contribution is 0.0940. The number of carbonyl (C=O) groups is 1. The van der Waals surface area contributed by atoms with Crippen LogP contribution in [0.4, 0.5) is 5.69 Å². The Morgan fingerprint density at radius 3 is 2.04 bits per heavy atom. The van der Waals surface area contributed by atoms with Crippen molar-refractivity contribution in [3.05, 3.63) is 65.2 Å². The fraction of sp³-hybridized carbons (Fsp3) is 0.350. The van der Waals surface area contributed by atoms with Crippen LogP contribution in [-0.4, -0.2) is 27.6 Å². The zero-order valence-corrected chi connectivity index (χ0v) is 16.7. The van der Waals surface area contributed by atoms with Crippen molar-refractivity contribution in [1.82, 2.24) is 5.32 Å². The van der Waals surface area contributed by atoms with Crippen LogP contribution in [0.25, 0.3) is 0 Å². The van der Waals surface area contributed by atoms with Crippen LogP contribution in [0.1, 0.15) is 54.2 Å². The Hall–Kier alpha value is -2.34. The van der Waals surface area contributed by atoms with Gasteiger partial charge in [0.1, 0.15) is 0 Å². The second-order valence-electron chi connectivity index (χ2n) is 6.76. The molecule has 0 radical (unpaired) electrons. The van der Waals surface area contributed by atoms with Crippen molar-refractivity contribution >= 4 is 21.6 Å². The van der Waals surface area contributed by atoms with Crippen LogP contribution in [0, 0.1) is 0 Å². The number of para-hydroxylation sites is 1. The largest absolute Gasteiger partial charge is 0.345 e. The number of carbonyl (C=O) groups excluding carboxylic acids is 1. The molecule has 0 aliphatic heterocycles. The van der Waals surface area contributed by atoms with Gasteiger partial charge < -0.3 is 5.32 Å². The summed E-state index contributed by atoms with van der Waals surface area (Å²) >= 11 is 0. The van der Waals surface area contributed by atoms with Gasteiger partial charge in [0.2, 0.25) is 10.0 Å². The minimum atomic E-state index is -3.45. The van der Waals surface area contributed by atoms with Crippen LogP contribution in [0.3, 0.4) is 0 Å². The number of amides is 1. The maximum atomic E-state index is 12.7. The Labute approximate surface area is 156 Å². The molecule has 1 atom stereocenters. The molecule has 0 saturated carbocycles. The van der Waals surface area contributed by atoms with E-state index < -0.39 is 10.0 Å². The number of anilines is 1. The van der Waals surface area contributed by atoms with Crippen LogP contribution in [-0.2, 0) is 10.0 Å². The van der Waals surface area contributed by atoms with Gasteiger partial charge >= 0.3 is 0 Å². The van der Waals surface area contributed by atoms with E-state index in [0.29, 0.717) is 17.2 Å². The molecule has 140 valence electrons. The van der Waals surface area contributed by atoms with Gasteiger partial charge in [0, 0.05) is 7.05 Å². The van der Waals surface area contributed by atoms with Crippen LogP contribution >= 0.6 is 0 Å². The molecule has 0 aromatic heterocycles. The molecule has 0 spiro atoms. The van der Waals surface area contributed by atoms with Gasteiger partial charge in [0.05, 0.1) is 23.5 Å². The first-order valence-corrected chi connectivity index (χ1v) is 10.4. The normalized spacial score (nSPS) is 12.7. The Bertz CT molecular complexity index is 874. The molecule has 2 aromatic rings. The fourth-order valence-corrected chi connectivity index (χ4v) is 3.16. The van der Waals surface area contributed by atoms with Crippen molar-refractivity contribution in [2.24, 2.45) is 0 Å². The lowest BCUT2D eigenvalue weighted by Gasteiger charge is -2.21. The molecule has 6 heteroatoms. The highest BCUT2D eigenvalue weighted by Gasteiger charge is 2.20. The third kappa shape index (κ3) is 4.64. The van der Waals surface area contributed by atoms with Crippen molar-refractivity contribution in [2.45, 2.75) is 32.7 Å². The molecule has 0 aliphatic rings. The number of benzene rings is 2. The number of nitrogens with one attached hydrogen (secondary N) is 1. The second kappa shape index (κ2) is 7.91. The summed E-state index contributed by atoms with van der Waals surface area (Å²) in [6, 6.07) is 14.6. The topological polar surface area (TPSA) is 66.5 Å². The summed E-state index contributed by atoms with van der Waals surface area (Å²) in [6.07, 6.45) is 1.11. The van der Waals surface area contributed by atoms with E-state index >= 15 is 0 Å². The summed E-state index contributed by atoms with van der Waals surface area (Å²) in [5.74, 6) is 0.142. The van der Waals surface area contributed by atoms with Gasteiger partial charge in [-0.25, -0.2) is 8.42 Å². The highest BCUT2D eigenvalue weighted by molar-refractivity contribution is 7.92. The van der Waals surface area contributed by atoms with Crippen LogP contribution < -0.4 is 9.62 Å². The Balaban J connectivity index is 2.22. The van der Waals surface area contributed by atoms with E-state index in [1.54, 1.807) is 24.3 Å². The van der Waals surface area contributed by atoms with Crippen molar-refractivity contribution < 1.29 is 13.2 Å². The standard InChI is InChI=1S/C20H26N2O3S/c1-14(2)16-10-12-17(13-11-16)15(3)21-20(23)18-8-6-7-9-19(18)22(4)26(5,24)25/h6-15H,1-5H3,(H,21,23)/t15-/m1/s1. The van der Waals surface area contributed by atoms with Crippen LogP contribution in [0.15, 0.2) is 48.5 Å². The van der Waals surface area contributed by atoms with E-state index in [2.05, 4.69) is 31.3 Å². The molecule has 2 aromatic carbocycles. The summed E-state index contributed by atoms with van der Waals surface area (Å²) in [5, 5.41) is 2.95. The van der Waals surface area contributed by atoms with E-state index in [1.165, 1.54) is 12.6 Å². The molecule has 0 fully saturated rings. The lowest BCUT2D eigenvalue weighted by atomic mass is 9.99. The van der Waals surface area contributed by atoms with E-state index in [0.717, 1.165) is 16.1 Å². The zero-order valence-electron chi connectivity index (χ0n) is 15.9. The predicted molar refractivity (Wildman–Crippen MR) is 106 cm³/mol. The maximum absolute atomic E-state index is 12.7. The maximum Gasteiger partial charge on any atom is 0.253 e. The first-order valence-electron chi connectivity index (χ1n) is 8.55. The van der Waals surface area contributed by atoms with Crippen LogP contribution in [0.2, 0.25) is 0 Å². The quantitative estimate of drug-likeness (QED) is 0.838. The third-order valence-electron chi connectivity index (χ3n) is 4.44. The van der Waals surface area contributed by atoms with Gasteiger partial charge in [-0.2, -0.15) is 0 Å². The van der Waals surface area contributed by atoms with E-state index in [9.17, 15) is 13.2 Å². The average Bonchev–Trinajstić information content (AvgIpc) is 2.60. The van der Waals surface area contributed by atoms with E-state index in [1.807, 2.05) is 19.1 Å². The van der Waals surface area contributed by atoms with E-state index in [4.69, 9.17) is 0 Å². The molecular formula is C20H26N2O3S. The van der Waals surface area contributed by atoms with Gasteiger partial charge in [-0.3, -0.25) is 9.10 Å². The second-order valence-corrected chi connectivity index (χ2v) is 8.78. The number of sulfonamides is 1. The van der Waals surface area contributed by atoms with Gasteiger partial charge in [0.25, 0.3) is 5.91 Å². The summed E-state index contributed by atoms with van der Waals surface area (Å²) in [4.78, 5) is 12.7. The summed E-state index contributed by atoms with van der Waals surface area (Å²) in [7, 11) is -2.01. The molecule has 0 bridgehead atoms. The molecule has 26 heavy (non-hydrogen) atoms. The number of nitrogens with zero attached hydrogens (tertiary/aromatic N) is 1. The highest BCUT2D eigenvalue weighted by atomic mass is 32.2. The molecule has 0 aliphatic carbocycles. The summed E-state index contributed by atoms with van der Waals surface area (Å²) in [5.41, 5.74) is 2.92. The molecule has 2 rings (SSSR count). The van der Waals surface area contributed by atoms with E-state index in [-0.39, 0.29) is 11.9 Å². The first kappa shape index (κ1) is 20.0.